The van der Waals surface area contributed by atoms with Gasteiger partial charge in [-0.3, -0.25) is 0 Å². The number of halogens is 1. The average Bonchev–Trinajstić information content (AvgIpc) is 2.32. The van der Waals surface area contributed by atoms with E-state index in [2.05, 4.69) is 12.1 Å². The van der Waals surface area contributed by atoms with E-state index in [0.717, 1.165) is 10.6 Å². The maximum atomic E-state index is 13.2. The Morgan fingerprint density at radius 3 is 2.50 bits per heavy atom. The van der Waals surface area contributed by atoms with Crippen molar-refractivity contribution in [3.8, 4) is 0 Å². The first-order valence-corrected chi connectivity index (χ1v) is 5.96. The molecule has 0 aliphatic heterocycles. The zero-order chi connectivity index (χ0) is 11.4. The van der Waals surface area contributed by atoms with Gasteiger partial charge in [-0.2, -0.15) is 0 Å². The van der Waals surface area contributed by atoms with Gasteiger partial charge in [0.25, 0.3) is 0 Å². The molecule has 0 unspecified atom stereocenters. The molecule has 1 nitrogen and oxygen atoms in total. The predicted octanol–water partition coefficient (Wildman–Crippen LogP) is 3.70. The van der Waals surface area contributed by atoms with Gasteiger partial charge in [-0.15, -0.1) is 11.8 Å². The largest absolute Gasteiger partial charge is 0.396 e. The highest BCUT2D eigenvalue weighted by Crippen LogP contribution is 2.25. The zero-order valence-electron chi connectivity index (χ0n) is 8.69. The molecule has 3 heteroatoms. The summed E-state index contributed by atoms with van der Waals surface area (Å²) < 4.78 is 13.2. The zero-order valence-corrected chi connectivity index (χ0v) is 9.51. The van der Waals surface area contributed by atoms with E-state index < -0.39 is 0 Å². The van der Waals surface area contributed by atoms with Crippen molar-refractivity contribution in [1.82, 2.24) is 0 Å². The molecule has 0 fully saturated rings. The Bertz CT molecular complexity index is 471. The summed E-state index contributed by atoms with van der Waals surface area (Å²) in [7, 11) is 0. The van der Waals surface area contributed by atoms with Gasteiger partial charge in [0, 0.05) is 10.6 Å². The Labute approximate surface area is 98.5 Å². The van der Waals surface area contributed by atoms with Crippen molar-refractivity contribution in [3.63, 3.8) is 0 Å². The number of nitrogen functional groups attached to an aromatic ring is 1. The van der Waals surface area contributed by atoms with E-state index in [1.807, 2.05) is 24.3 Å². The fourth-order valence-electron chi connectivity index (χ4n) is 1.34. The van der Waals surface area contributed by atoms with Gasteiger partial charge in [0.1, 0.15) is 5.82 Å². The van der Waals surface area contributed by atoms with Crippen molar-refractivity contribution in [1.29, 1.82) is 0 Å². The number of rotatable bonds is 3. The predicted molar refractivity (Wildman–Crippen MR) is 66.8 cm³/mol. The summed E-state index contributed by atoms with van der Waals surface area (Å²) in [6, 6.07) is 15.0. The Balaban J connectivity index is 2.03. The van der Waals surface area contributed by atoms with Crippen LogP contribution in [0.1, 0.15) is 5.56 Å². The van der Waals surface area contributed by atoms with Crippen LogP contribution in [-0.2, 0) is 5.75 Å². The minimum Gasteiger partial charge on any atom is -0.396 e. The molecule has 2 aromatic rings. The first-order valence-electron chi connectivity index (χ1n) is 4.97. The van der Waals surface area contributed by atoms with Crippen molar-refractivity contribution < 1.29 is 4.39 Å². The summed E-state index contributed by atoms with van der Waals surface area (Å²) in [6.45, 7) is 0. The highest BCUT2D eigenvalue weighted by molar-refractivity contribution is 7.98. The molecule has 0 aromatic heterocycles. The van der Waals surface area contributed by atoms with Crippen LogP contribution in [0.25, 0.3) is 0 Å². The van der Waals surface area contributed by atoms with Crippen LogP contribution in [0.4, 0.5) is 10.1 Å². The van der Waals surface area contributed by atoms with E-state index in [1.165, 1.54) is 11.6 Å². The summed E-state index contributed by atoms with van der Waals surface area (Å²) in [5.74, 6) is 0.488. The lowest BCUT2D eigenvalue weighted by molar-refractivity contribution is 0.629. The number of anilines is 1. The monoisotopic (exact) mass is 233 g/mol. The second-order valence-corrected chi connectivity index (χ2v) is 4.51. The van der Waals surface area contributed by atoms with E-state index in [0.29, 0.717) is 0 Å². The highest BCUT2D eigenvalue weighted by Gasteiger charge is 2.00. The minimum absolute atomic E-state index is 0.198. The third-order valence-electron chi connectivity index (χ3n) is 2.22. The normalized spacial score (nSPS) is 10.3. The van der Waals surface area contributed by atoms with Crippen molar-refractivity contribution in [2.45, 2.75) is 10.6 Å². The van der Waals surface area contributed by atoms with E-state index >= 15 is 0 Å². The number of nitrogens with two attached hydrogens (primary N) is 1. The molecule has 0 spiro atoms. The number of hydrogen-bond acceptors (Lipinski definition) is 2. The average molecular weight is 233 g/mol. The van der Waals surface area contributed by atoms with Crippen LogP contribution < -0.4 is 5.73 Å². The Morgan fingerprint density at radius 1 is 1.06 bits per heavy atom. The summed E-state index contributed by atoms with van der Waals surface area (Å²) in [6.07, 6.45) is 0. The summed E-state index contributed by atoms with van der Waals surface area (Å²) in [5.41, 5.74) is 6.84. The lowest BCUT2D eigenvalue weighted by atomic mass is 10.2. The molecule has 0 aliphatic carbocycles. The standard InChI is InChI=1S/C13H12FNS/c14-12-8-11(6-7-13(12)15)16-9-10-4-2-1-3-5-10/h1-8H,9,15H2. The van der Waals surface area contributed by atoms with E-state index in [9.17, 15) is 4.39 Å². The van der Waals surface area contributed by atoms with Gasteiger partial charge >= 0.3 is 0 Å². The first kappa shape index (κ1) is 11.0. The molecule has 0 bridgehead atoms. The topological polar surface area (TPSA) is 26.0 Å². The maximum absolute atomic E-state index is 13.2. The molecule has 0 atom stereocenters. The molecule has 0 saturated carbocycles. The molecule has 2 aromatic carbocycles. The smallest absolute Gasteiger partial charge is 0.147 e. The number of benzene rings is 2. The SMILES string of the molecule is Nc1ccc(SCc2ccccc2)cc1F. The van der Waals surface area contributed by atoms with Gasteiger partial charge in [-0.25, -0.2) is 4.39 Å². The highest BCUT2D eigenvalue weighted by atomic mass is 32.2. The second-order valence-electron chi connectivity index (χ2n) is 3.46. The van der Waals surface area contributed by atoms with Crippen LogP contribution in [0.15, 0.2) is 53.4 Å². The number of hydrogen-bond donors (Lipinski definition) is 1. The molecule has 0 amide bonds. The lowest BCUT2D eigenvalue weighted by Crippen LogP contribution is -1.89. The number of thioether (sulfide) groups is 1. The van der Waals surface area contributed by atoms with Crippen LogP contribution in [0.3, 0.4) is 0 Å². The molecule has 0 aliphatic rings. The fraction of sp³-hybridized carbons (Fsp3) is 0.0769. The Hall–Kier alpha value is -1.48. The Kier molecular flexibility index (Phi) is 3.47. The molecule has 16 heavy (non-hydrogen) atoms. The third kappa shape index (κ3) is 2.76. The van der Waals surface area contributed by atoms with Crippen molar-refractivity contribution in [2.75, 3.05) is 5.73 Å². The lowest BCUT2D eigenvalue weighted by Gasteiger charge is -2.03. The molecular formula is C13H12FNS. The van der Waals surface area contributed by atoms with E-state index in [1.54, 1.807) is 17.8 Å². The van der Waals surface area contributed by atoms with Crippen LogP contribution in [0.5, 0.6) is 0 Å². The maximum Gasteiger partial charge on any atom is 0.147 e. The summed E-state index contributed by atoms with van der Waals surface area (Å²) >= 11 is 1.60. The molecule has 2 N–H and O–H groups in total. The van der Waals surface area contributed by atoms with E-state index in [4.69, 9.17) is 5.73 Å². The van der Waals surface area contributed by atoms with E-state index in [-0.39, 0.29) is 11.5 Å². The summed E-state index contributed by atoms with van der Waals surface area (Å²) in [5, 5.41) is 0. The molecule has 0 heterocycles. The van der Waals surface area contributed by atoms with Crippen LogP contribution in [0, 0.1) is 5.82 Å². The van der Waals surface area contributed by atoms with Crippen LogP contribution >= 0.6 is 11.8 Å². The molecule has 82 valence electrons. The van der Waals surface area contributed by atoms with Crippen LogP contribution in [-0.4, -0.2) is 0 Å². The van der Waals surface area contributed by atoms with Crippen LogP contribution in [0.2, 0.25) is 0 Å². The van der Waals surface area contributed by atoms with Gasteiger partial charge in [-0.05, 0) is 23.8 Å². The second kappa shape index (κ2) is 5.03. The third-order valence-corrected chi connectivity index (χ3v) is 3.29. The van der Waals surface area contributed by atoms with Gasteiger partial charge in [0.15, 0.2) is 0 Å². The molecular weight excluding hydrogens is 221 g/mol. The first-order chi connectivity index (χ1) is 7.75. The Morgan fingerprint density at radius 2 is 1.81 bits per heavy atom. The van der Waals surface area contributed by atoms with Crippen molar-refractivity contribution in [3.05, 3.63) is 59.9 Å². The molecule has 2 rings (SSSR count). The van der Waals surface area contributed by atoms with Gasteiger partial charge < -0.3 is 5.73 Å². The van der Waals surface area contributed by atoms with Gasteiger partial charge in [0.2, 0.25) is 0 Å². The fourth-order valence-corrected chi connectivity index (χ4v) is 2.22. The molecule has 0 saturated heterocycles. The van der Waals surface area contributed by atoms with Gasteiger partial charge in [-0.1, -0.05) is 30.3 Å². The molecule has 0 radical (unpaired) electrons. The van der Waals surface area contributed by atoms with Gasteiger partial charge in [0.05, 0.1) is 5.69 Å². The van der Waals surface area contributed by atoms with Crippen molar-refractivity contribution >= 4 is 17.4 Å². The quantitative estimate of drug-likeness (QED) is 0.646. The minimum atomic E-state index is -0.349. The summed E-state index contributed by atoms with van der Waals surface area (Å²) in [4.78, 5) is 0.899. The van der Waals surface area contributed by atoms with Crippen molar-refractivity contribution in [2.24, 2.45) is 0 Å².